The van der Waals surface area contributed by atoms with Crippen LogP contribution >= 0.6 is 0 Å². The second-order valence-corrected chi connectivity index (χ2v) is 5.35. The maximum Gasteiger partial charge on any atom is 0.500 e. The van der Waals surface area contributed by atoms with Gasteiger partial charge in [-0.1, -0.05) is 35.4 Å². The van der Waals surface area contributed by atoms with Crippen LogP contribution in [-0.2, 0) is 10.4 Å². The van der Waals surface area contributed by atoms with Crippen LogP contribution in [0.1, 0.15) is 11.1 Å². The second-order valence-electron chi connectivity index (χ2n) is 4.20. The molecule has 0 aliphatic rings. The minimum Gasteiger partial charge on any atom is -0.353 e. The van der Waals surface area contributed by atoms with E-state index < -0.39 is 10.4 Å². The summed E-state index contributed by atoms with van der Waals surface area (Å²) < 4.78 is 33.1. The second kappa shape index (κ2) is 5.32. The zero-order valence-corrected chi connectivity index (χ0v) is 11.5. The van der Waals surface area contributed by atoms with E-state index in [2.05, 4.69) is 0 Å². The minimum absolute atomic E-state index is 0.220. The summed E-state index contributed by atoms with van der Waals surface area (Å²) in [6.07, 6.45) is 0. The molecule has 100 valence electrons. The Morgan fingerprint density at radius 3 is 1.32 bits per heavy atom. The molecule has 0 saturated carbocycles. The van der Waals surface area contributed by atoms with E-state index in [9.17, 15) is 8.42 Å². The molecule has 0 atom stereocenters. The molecule has 4 nitrogen and oxygen atoms in total. The van der Waals surface area contributed by atoms with Gasteiger partial charge in [0.25, 0.3) is 0 Å². The first-order chi connectivity index (χ1) is 8.94. The van der Waals surface area contributed by atoms with Gasteiger partial charge in [-0.2, -0.15) is 0 Å². The Labute approximate surface area is 112 Å². The lowest BCUT2D eigenvalue weighted by molar-refractivity contribution is 0.392. The fraction of sp³-hybridized carbons (Fsp3) is 0.143. The summed E-state index contributed by atoms with van der Waals surface area (Å²) in [5, 5.41) is 0. The van der Waals surface area contributed by atoms with Gasteiger partial charge < -0.3 is 8.37 Å². The number of hydrogen-bond acceptors (Lipinski definition) is 4. The summed E-state index contributed by atoms with van der Waals surface area (Å²) in [6, 6.07) is 13.3. The van der Waals surface area contributed by atoms with Crippen molar-refractivity contribution in [3.63, 3.8) is 0 Å². The number of aryl methyl sites for hydroxylation is 2. The van der Waals surface area contributed by atoms with E-state index in [1.165, 1.54) is 0 Å². The van der Waals surface area contributed by atoms with Crippen LogP contribution in [0.4, 0.5) is 0 Å². The van der Waals surface area contributed by atoms with E-state index in [1.54, 1.807) is 48.5 Å². The van der Waals surface area contributed by atoms with Gasteiger partial charge in [0.15, 0.2) is 0 Å². The van der Waals surface area contributed by atoms with E-state index in [1.807, 2.05) is 13.8 Å². The molecule has 2 rings (SSSR count). The lowest BCUT2D eigenvalue weighted by Crippen LogP contribution is -2.16. The van der Waals surface area contributed by atoms with Gasteiger partial charge in [-0.3, -0.25) is 0 Å². The largest absolute Gasteiger partial charge is 0.500 e. The summed E-state index contributed by atoms with van der Waals surface area (Å²) in [5.74, 6) is 0.440. The maximum atomic E-state index is 11.7. The Balaban J connectivity index is 2.10. The molecule has 0 bridgehead atoms. The average molecular weight is 278 g/mol. The summed E-state index contributed by atoms with van der Waals surface area (Å²) in [7, 11) is -4.11. The molecule has 0 fully saturated rings. The SMILES string of the molecule is Cc1ccc(OS(=O)(=O)Oc2ccc(C)cc2)cc1. The van der Waals surface area contributed by atoms with Crippen LogP contribution in [0.2, 0.25) is 0 Å². The number of benzene rings is 2. The van der Waals surface area contributed by atoms with Gasteiger partial charge in [0.2, 0.25) is 0 Å². The minimum atomic E-state index is -4.11. The molecule has 0 unspecified atom stereocenters. The molecule has 19 heavy (non-hydrogen) atoms. The van der Waals surface area contributed by atoms with Gasteiger partial charge in [-0.15, -0.1) is 8.42 Å². The van der Waals surface area contributed by atoms with E-state index in [4.69, 9.17) is 8.37 Å². The maximum absolute atomic E-state index is 11.7. The number of rotatable bonds is 4. The highest BCUT2D eigenvalue weighted by atomic mass is 32.3. The molecule has 0 aliphatic carbocycles. The molecular formula is C14H14O4S. The molecule has 0 heterocycles. The average Bonchev–Trinajstić information content (AvgIpc) is 2.34. The summed E-state index contributed by atoms with van der Waals surface area (Å²) in [4.78, 5) is 0. The zero-order chi connectivity index (χ0) is 13.9. The Morgan fingerprint density at radius 2 is 1.00 bits per heavy atom. The van der Waals surface area contributed by atoms with Crippen LogP contribution in [-0.4, -0.2) is 8.42 Å². The molecular weight excluding hydrogens is 264 g/mol. The first-order valence-electron chi connectivity index (χ1n) is 5.72. The summed E-state index contributed by atoms with van der Waals surface area (Å²) in [6.45, 7) is 3.81. The first-order valence-corrected chi connectivity index (χ1v) is 7.05. The fourth-order valence-corrected chi connectivity index (χ4v) is 2.17. The van der Waals surface area contributed by atoms with Crippen LogP contribution in [0.25, 0.3) is 0 Å². The third kappa shape index (κ3) is 3.99. The van der Waals surface area contributed by atoms with Crippen LogP contribution < -0.4 is 8.37 Å². The van der Waals surface area contributed by atoms with E-state index in [0.29, 0.717) is 0 Å². The Hall–Kier alpha value is -2.01. The molecule has 0 saturated heterocycles. The van der Waals surface area contributed by atoms with Crippen molar-refractivity contribution in [2.75, 3.05) is 0 Å². The van der Waals surface area contributed by atoms with E-state index in [-0.39, 0.29) is 11.5 Å². The number of hydrogen-bond donors (Lipinski definition) is 0. The van der Waals surface area contributed by atoms with E-state index in [0.717, 1.165) is 11.1 Å². The van der Waals surface area contributed by atoms with Crippen molar-refractivity contribution < 1.29 is 16.8 Å². The van der Waals surface area contributed by atoms with Gasteiger partial charge in [-0.05, 0) is 38.1 Å². The van der Waals surface area contributed by atoms with Crippen molar-refractivity contribution in [3.05, 3.63) is 59.7 Å². The first kappa shape index (κ1) is 13.4. The van der Waals surface area contributed by atoms with Crippen LogP contribution in [0, 0.1) is 13.8 Å². The summed E-state index contributed by atoms with van der Waals surface area (Å²) in [5.41, 5.74) is 2.04. The molecule has 0 aromatic heterocycles. The van der Waals surface area contributed by atoms with Crippen molar-refractivity contribution >= 4 is 10.4 Å². The molecule has 0 aliphatic heterocycles. The van der Waals surface area contributed by atoms with E-state index >= 15 is 0 Å². The quantitative estimate of drug-likeness (QED) is 0.862. The third-order valence-electron chi connectivity index (χ3n) is 2.44. The fourth-order valence-electron chi connectivity index (χ4n) is 1.44. The van der Waals surface area contributed by atoms with Crippen LogP contribution in [0.3, 0.4) is 0 Å². The molecule has 2 aromatic carbocycles. The van der Waals surface area contributed by atoms with Crippen LogP contribution in [0.15, 0.2) is 48.5 Å². The van der Waals surface area contributed by atoms with Crippen LogP contribution in [0.5, 0.6) is 11.5 Å². The monoisotopic (exact) mass is 278 g/mol. The molecule has 0 radical (unpaired) electrons. The van der Waals surface area contributed by atoms with Gasteiger partial charge in [0.1, 0.15) is 11.5 Å². The predicted octanol–water partition coefficient (Wildman–Crippen LogP) is 3.01. The highest BCUT2D eigenvalue weighted by Crippen LogP contribution is 2.18. The van der Waals surface area contributed by atoms with Gasteiger partial charge in [-0.25, -0.2) is 0 Å². The van der Waals surface area contributed by atoms with Gasteiger partial charge in [0, 0.05) is 0 Å². The Kier molecular flexibility index (Phi) is 3.76. The molecule has 5 heteroatoms. The van der Waals surface area contributed by atoms with Gasteiger partial charge in [0.05, 0.1) is 0 Å². The molecule has 0 amide bonds. The van der Waals surface area contributed by atoms with Crippen molar-refractivity contribution in [2.24, 2.45) is 0 Å². The lowest BCUT2D eigenvalue weighted by Gasteiger charge is -2.08. The standard InChI is InChI=1S/C14H14O4S/c1-11-3-7-13(8-4-11)17-19(15,16)18-14-9-5-12(2)6-10-14/h3-10H,1-2H3. The van der Waals surface area contributed by atoms with Crippen molar-refractivity contribution in [3.8, 4) is 11.5 Å². The zero-order valence-electron chi connectivity index (χ0n) is 10.7. The predicted molar refractivity (Wildman–Crippen MR) is 72.5 cm³/mol. The highest BCUT2D eigenvalue weighted by molar-refractivity contribution is 7.82. The van der Waals surface area contributed by atoms with Crippen molar-refractivity contribution in [1.29, 1.82) is 0 Å². The molecule has 0 N–H and O–H groups in total. The summed E-state index contributed by atoms with van der Waals surface area (Å²) >= 11 is 0. The molecule has 0 spiro atoms. The smallest absolute Gasteiger partial charge is 0.353 e. The Morgan fingerprint density at radius 1 is 0.684 bits per heavy atom. The Bertz CT molecular complexity index is 589. The van der Waals surface area contributed by atoms with Gasteiger partial charge >= 0.3 is 10.4 Å². The topological polar surface area (TPSA) is 52.6 Å². The highest BCUT2D eigenvalue weighted by Gasteiger charge is 2.15. The third-order valence-corrected chi connectivity index (χ3v) is 3.23. The van der Waals surface area contributed by atoms with Crippen molar-refractivity contribution in [1.82, 2.24) is 0 Å². The molecule has 2 aromatic rings. The van der Waals surface area contributed by atoms with Crippen molar-refractivity contribution in [2.45, 2.75) is 13.8 Å². The lowest BCUT2D eigenvalue weighted by atomic mass is 10.2. The normalized spacial score (nSPS) is 11.1.